The fraction of sp³-hybridized carbons (Fsp3) is 0.933. The molecule has 3 heteroatoms. The van der Waals surface area contributed by atoms with Crippen molar-refractivity contribution in [2.24, 2.45) is 11.3 Å². The van der Waals surface area contributed by atoms with Gasteiger partial charge in [-0.25, -0.2) is 0 Å². The van der Waals surface area contributed by atoms with Crippen LogP contribution in [0.5, 0.6) is 0 Å². The molecule has 1 saturated heterocycles. The van der Waals surface area contributed by atoms with Crippen molar-refractivity contribution in [3.63, 3.8) is 0 Å². The molecule has 1 aliphatic carbocycles. The Morgan fingerprint density at radius 2 is 1.89 bits per heavy atom. The molecule has 104 valence electrons. The summed E-state index contributed by atoms with van der Waals surface area (Å²) in [4.78, 5) is 14.0. The Bertz CT molecular complexity index is 295. The van der Waals surface area contributed by atoms with Crippen LogP contribution in [0.3, 0.4) is 0 Å². The monoisotopic (exact) mass is 253 g/mol. The lowest BCUT2D eigenvalue weighted by atomic mass is 9.75. The summed E-state index contributed by atoms with van der Waals surface area (Å²) in [6, 6.07) is 0.711. The summed E-state index contributed by atoms with van der Waals surface area (Å²) in [5.74, 6) is 0.207. The van der Waals surface area contributed by atoms with Gasteiger partial charge in [-0.05, 0) is 51.1 Å². The lowest BCUT2D eigenvalue weighted by Crippen LogP contribution is -2.50. The molecule has 0 aromatic rings. The zero-order valence-corrected chi connectivity index (χ0v) is 11.8. The van der Waals surface area contributed by atoms with Crippen molar-refractivity contribution in [2.75, 3.05) is 13.1 Å². The van der Waals surface area contributed by atoms with E-state index < -0.39 is 11.4 Å². The van der Waals surface area contributed by atoms with Gasteiger partial charge in [-0.15, -0.1) is 0 Å². The molecule has 2 atom stereocenters. The molecule has 2 rings (SSSR count). The maximum atomic E-state index is 11.4. The van der Waals surface area contributed by atoms with E-state index in [1.165, 1.54) is 25.7 Å². The average molecular weight is 253 g/mol. The van der Waals surface area contributed by atoms with Crippen molar-refractivity contribution < 1.29 is 9.90 Å². The molecule has 1 heterocycles. The third kappa shape index (κ3) is 2.56. The Hall–Kier alpha value is -0.570. The van der Waals surface area contributed by atoms with Gasteiger partial charge in [0.25, 0.3) is 0 Å². The van der Waals surface area contributed by atoms with E-state index in [0.29, 0.717) is 6.04 Å². The van der Waals surface area contributed by atoms with Gasteiger partial charge in [0.2, 0.25) is 0 Å². The highest BCUT2D eigenvalue weighted by molar-refractivity contribution is 5.74. The average Bonchev–Trinajstić information content (AvgIpc) is 2.39. The molecule has 0 aromatic heterocycles. The lowest BCUT2D eigenvalue weighted by molar-refractivity contribution is -0.153. The van der Waals surface area contributed by atoms with Crippen LogP contribution >= 0.6 is 0 Å². The maximum absolute atomic E-state index is 11.4. The number of aliphatic carboxylic acids is 1. The van der Waals surface area contributed by atoms with E-state index in [-0.39, 0.29) is 0 Å². The number of hydrogen-bond donors (Lipinski definition) is 1. The fourth-order valence-corrected chi connectivity index (χ4v) is 3.84. The predicted octanol–water partition coefficient (Wildman–Crippen LogP) is 3.14. The zero-order valence-electron chi connectivity index (χ0n) is 11.8. The molecule has 2 unspecified atom stereocenters. The van der Waals surface area contributed by atoms with Gasteiger partial charge < -0.3 is 10.0 Å². The third-order valence-electron chi connectivity index (χ3n) is 5.42. The van der Waals surface area contributed by atoms with Crippen molar-refractivity contribution in [1.82, 2.24) is 4.90 Å². The molecule has 1 N–H and O–H groups in total. The minimum absolute atomic E-state index is 0.436. The van der Waals surface area contributed by atoms with Crippen LogP contribution in [0.4, 0.5) is 0 Å². The molecule has 0 amide bonds. The molecule has 1 aliphatic heterocycles. The number of hydrogen-bond acceptors (Lipinski definition) is 2. The topological polar surface area (TPSA) is 40.5 Å². The van der Waals surface area contributed by atoms with Gasteiger partial charge >= 0.3 is 5.97 Å². The van der Waals surface area contributed by atoms with Gasteiger partial charge in [0, 0.05) is 6.04 Å². The number of nitrogens with zero attached hydrogens (tertiary/aromatic N) is 1. The van der Waals surface area contributed by atoms with E-state index in [0.717, 1.165) is 38.3 Å². The summed E-state index contributed by atoms with van der Waals surface area (Å²) < 4.78 is 0. The van der Waals surface area contributed by atoms with Gasteiger partial charge in [0.15, 0.2) is 0 Å². The van der Waals surface area contributed by atoms with Crippen LogP contribution in [-0.2, 0) is 4.79 Å². The number of rotatable bonds is 3. The van der Waals surface area contributed by atoms with Crippen LogP contribution in [0.2, 0.25) is 0 Å². The second kappa shape index (κ2) is 5.60. The zero-order chi connectivity index (χ0) is 13.2. The minimum atomic E-state index is -0.582. The van der Waals surface area contributed by atoms with Crippen molar-refractivity contribution in [3.05, 3.63) is 0 Å². The largest absolute Gasteiger partial charge is 0.481 e. The summed E-state index contributed by atoms with van der Waals surface area (Å²) in [7, 11) is 0. The van der Waals surface area contributed by atoms with E-state index >= 15 is 0 Å². The molecule has 2 fully saturated rings. The predicted molar refractivity (Wildman–Crippen MR) is 72.6 cm³/mol. The molecular weight excluding hydrogens is 226 g/mol. The molecule has 1 saturated carbocycles. The molecule has 3 nitrogen and oxygen atoms in total. The van der Waals surface area contributed by atoms with Gasteiger partial charge in [-0.3, -0.25) is 4.79 Å². The van der Waals surface area contributed by atoms with Gasteiger partial charge in [0.1, 0.15) is 0 Å². The first-order valence-electron chi connectivity index (χ1n) is 7.56. The number of carboxylic acids is 1. The molecular formula is C15H27NO2. The first-order valence-corrected chi connectivity index (χ1v) is 7.56. The normalized spacial score (nSPS) is 33.2. The van der Waals surface area contributed by atoms with Crippen LogP contribution in [-0.4, -0.2) is 35.1 Å². The Kier molecular flexibility index (Phi) is 4.31. The van der Waals surface area contributed by atoms with Crippen LogP contribution in [0.1, 0.15) is 58.8 Å². The molecule has 0 aromatic carbocycles. The Balaban J connectivity index is 1.95. The third-order valence-corrected chi connectivity index (χ3v) is 5.42. The summed E-state index contributed by atoms with van der Waals surface area (Å²) in [5, 5.41) is 9.42. The number of likely N-dealkylation sites (tertiary alicyclic amines) is 1. The Morgan fingerprint density at radius 1 is 1.28 bits per heavy atom. The Labute approximate surface area is 111 Å². The lowest BCUT2D eigenvalue weighted by Gasteiger charge is -2.45. The fourth-order valence-electron chi connectivity index (χ4n) is 3.84. The number of piperidine rings is 1. The molecule has 0 radical (unpaired) electrons. The van der Waals surface area contributed by atoms with Gasteiger partial charge in [-0.2, -0.15) is 0 Å². The van der Waals surface area contributed by atoms with Crippen LogP contribution in [0.15, 0.2) is 0 Å². The van der Waals surface area contributed by atoms with Crippen LogP contribution in [0, 0.1) is 11.3 Å². The van der Waals surface area contributed by atoms with Crippen molar-refractivity contribution in [1.29, 1.82) is 0 Å². The van der Waals surface area contributed by atoms with Crippen molar-refractivity contribution in [3.8, 4) is 0 Å². The van der Waals surface area contributed by atoms with Gasteiger partial charge in [-0.1, -0.05) is 26.7 Å². The smallest absolute Gasteiger partial charge is 0.309 e. The summed E-state index contributed by atoms with van der Waals surface area (Å²) in [6.45, 7) is 6.35. The van der Waals surface area contributed by atoms with E-state index in [9.17, 15) is 9.90 Å². The van der Waals surface area contributed by atoms with E-state index in [1.807, 2.05) is 6.92 Å². The highest BCUT2D eigenvalue weighted by atomic mass is 16.4. The first-order chi connectivity index (χ1) is 8.59. The number of carbonyl (C=O) groups is 1. The molecule has 2 aliphatic rings. The quantitative estimate of drug-likeness (QED) is 0.840. The second-order valence-corrected chi connectivity index (χ2v) is 6.30. The summed E-state index contributed by atoms with van der Waals surface area (Å²) in [6.07, 6.45) is 7.83. The highest BCUT2D eigenvalue weighted by Crippen LogP contribution is 2.38. The van der Waals surface area contributed by atoms with E-state index in [2.05, 4.69) is 11.8 Å². The summed E-state index contributed by atoms with van der Waals surface area (Å²) >= 11 is 0. The highest BCUT2D eigenvalue weighted by Gasteiger charge is 2.41. The SMILES string of the molecule is CCC1(C(=O)O)CCN(C2CCCCC2C)CC1. The first kappa shape index (κ1) is 13.9. The Morgan fingerprint density at radius 3 is 2.39 bits per heavy atom. The van der Waals surface area contributed by atoms with Gasteiger partial charge in [0.05, 0.1) is 5.41 Å². The van der Waals surface area contributed by atoms with E-state index in [1.54, 1.807) is 0 Å². The molecule has 0 bridgehead atoms. The number of carboxylic acid groups (broad SMARTS) is 1. The van der Waals surface area contributed by atoms with Crippen LogP contribution in [0.25, 0.3) is 0 Å². The van der Waals surface area contributed by atoms with Crippen molar-refractivity contribution in [2.45, 2.75) is 64.8 Å². The van der Waals surface area contributed by atoms with Crippen molar-refractivity contribution >= 4 is 5.97 Å². The molecule has 18 heavy (non-hydrogen) atoms. The maximum Gasteiger partial charge on any atom is 0.309 e. The van der Waals surface area contributed by atoms with E-state index in [4.69, 9.17) is 0 Å². The summed E-state index contributed by atoms with van der Waals surface area (Å²) in [5.41, 5.74) is -0.436. The minimum Gasteiger partial charge on any atom is -0.481 e. The molecule has 0 spiro atoms. The second-order valence-electron chi connectivity index (χ2n) is 6.30. The van der Waals surface area contributed by atoms with Crippen LogP contribution < -0.4 is 0 Å². The standard InChI is InChI=1S/C15H27NO2/c1-3-15(14(17)18)8-10-16(11-9-15)13-7-5-4-6-12(13)2/h12-13H,3-11H2,1-2H3,(H,17,18).